The summed E-state index contributed by atoms with van der Waals surface area (Å²) in [7, 11) is 1.17. The molecule has 392 valence electrons. The molecule has 0 aromatic heterocycles. The van der Waals surface area contributed by atoms with Crippen molar-refractivity contribution in [1.82, 2.24) is 0 Å². The van der Waals surface area contributed by atoms with Crippen LogP contribution in [0, 0.1) is 42.4 Å². The molecule has 3 fully saturated rings. The minimum atomic E-state index is -0.796. The van der Waals surface area contributed by atoms with E-state index in [1.165, 1.54) is 31.4 Å². The maximum atomic E-state index is 13.1. The average Bonchev–Trinajstić information content (AvgIpc) is 3.39. The van der Waals surface area contributed by atoms with Gasteiger partial charge >= 0.3 is 47.8 Å². The molecular formula is C54H68O18. The molecule has 0 radical (unpaired) electrons. The van der Waals surface area contributed by atoms with E-state index in [0.29, 0.717) is 107 Å². The third kappa shape index (κ3) is 19.4. The fraction of sp³-hybridized carbons (Fsp3) is 0.537. The Morgan fingerprint density at radius 3 is 1.33 bits per heavy atom. The van der Waals surface area contributed by atoms with Gasteiger partial charge in [-0.05, 0) is 158 Å². The van der Waals surface area contributed by atoms with Gasteiger partial charge in [-0.1, -0.05) is 20.1 Å². The molecule has 0 atom stereocenters. The Hall–Kier alpha value is -6.85. The van der Waals surface area contributed by atoms with Crippen molar-refractivity contribution < 1.29 is 85.8 Å². The molecule has 0 spiro atoms. The average molecular weight is 1010 g/mol. The Bertz CT molecular complexity index is 2190. The molecule has 0 unspecified atom stereocenters. The van der Waals surface area contributed by atoms with Crippen molar-refractivity contribution >= 4 is 54.2 Å². The summed E-state index contributed by atoms with van der Waals surface area (Å²) < 4.78 is 46.8. The Morgan fingerprint density at radius 2 is 0.903 bits per heavy atom. The van der Waals surface area contributed by atoms with Crippen molar-refractivity contribution in [2.75, 3.05) is 33.5 Å². The van der Waals surface area contributed by atoms with E-state index in [0.717, 1.165) is 50.2 Å². The van der Waals surface area contributed by atoms with E-state index in [1.54, 1.807) is 19.1 Å². The van der Waals surface area contributed by atoms with Crippen LogP contribution in [0.25, 0.3) is 0 Å². The van der Waals surface area contributed by atoms with E-state index in [-0.39, 0.29) is 54.1 Å². The Morgan fingerprint density at radius 1 is 0.514 bits per heavy atom. The smallest absolute Gasteiger partial charge is 0.341 e. The second-order valence-electron chi connectivity index (χ2n) is 18.1. The zero-order valence-electron chi connectivity index (χ0n) is 41.6. The quantitative estimate of drug-likeness (QED) is 0.0254. The molecule has 3 aliphatic carbocycles. The number of ether oxygens (including phenoxy) is 9. The third-order valence-electron chi connectivity index (χ3n) is 12.9. The highest BCUT2D eigenvalue weighted by Crippen LogP contribution is 2.35. The van der Waals surface area contributed by atoms with Crippen molar-refractivity contribution in [3.8, 4) is 23.0 Å². The molecule has 72 heavy (non-hydrogen) atoms. The molecule has 5 rings (SSSR count). The van der Waals surface area contributed by atoms with Crippen molar-refractivity contribution in [1.29, 1.82) is 0 Å². The first-order valence-electron chi connectivity index (χ1n) is 24.7. The molecule has 0 saturated heterocycles. The molecule has 2 aromatic carbocycles. The SMILES string of the molecule is C=CC(=O)OCCCCOC(=O)C1CCC(C(=O)Oc2ccc(OC(=O)C3CCC(C(=O)Oc4ccc(OC=O)cc4C)CC3)c(C(=O)OC)c2)CC1.C=CC(=O)OCCCCOC(=O)C1CCC(C)CC1. The summed E-state index contributed by atoms with van der Waals surface area (Å²) in [6.45, 7) is 12.1. The van der Waals surface area contributed by atoms with Crippen LogP contribution in [0.4, 0.5) is 0 Å². The standard InChI is InChI=1S/C39H44O14.C15H24O4/c1-4-34(41)48-19-5-6-20-49-35(42)25-7-9-26(10-8-25)36(43)51-30-16-18-33(31(22-30)39(46)47-3)53-38(45)28-13-11-27(12-14-28)37(44)52-32-17-15-29(50-23-40)21-24(32)2;1-3-14(16)18-10-4-5-11-19-15(17)13-8-6-12(2)7-9-13/h4,15-18,21-23,25-28H,1,5-14,19-20H2,2-3H3;3,12-13H,1,4-11H2,2H3. The van der Waals surface area contributed by atoms with E-state index < -0.39 is 53.6 Å². The van der Waals surface area contributed by atoms with Gasteiger partial charge in [0.05, 0.1) is 63.1 Å². The van der Waals surface area contributed by atoms with Crippen LogP contribution in [0.2, 0.25) is 0 Å². The summed E-state index contributed by atoms with van der Waals surface area (Å²) in [5.41, 5.74) is 0.517. The van der Waals surface area contributed by atoms with E-state index in [2.05, 4.69) is 20.1 Å². The molecule has 18 heteroatoms. The Labute approximate surface area is 420 Å². The summed E-state index contributed by atoms with van der Waals surface area (Å²) in [6, 6.07) is 8.70. The first kappa shape index (κ1) is 57.7. The fourth-order valence-corrected chi connectivity index (χ4v) is 8.46. The van der Waals surface area contributed by atoms with Crippen LogP contribution < -0.4 is 18.9 Å². The Balaban J connectivity index is 0.000000496. The molecule has 0 amide bonds. The zero-order valence-corrected chi connectivity index (χ0v) is 41.6. The van der Waals surface area contributed by atoms with Crippen LogP contribution in [0.3, 0.4) is 0 Å². The molecule has 0 heterocycles. The van der Waals surface area contributed by atoms with Gasteiger partial charge in [-0.15, -0.1) is 0 Å². The number of rotatable bonds is 23. The highest BCUT2D eigenvalue weighted by Gasteiger charge is 2.35. The second kappa shape index (κ2) is 30.8. The van der Waals surface area contributed by atoms with Gasteiger partial charge in [-0.25, -0.2) is 14.4 Å². The molecule has 3 aliphatic rings. The largest absolute Gasteiger partial charge is 0.465 e. The highest BCUT2D eigenvalue weighted by molar-refractivity contribution is 5.94. The lowest BCUT2D eigenvalue weighted by Crippen LogP contribution is -2.30. The summed E-state index contributed by atoms with van der Waals surface area (Å²) in [5.74, 6) is -3.83. The van der Waals surface area contributed by atoms with Gasteiger partial charge in [0.1, 0.15) is 28.6 Å². The number of carbonyl (C=O) groups is 9. The van der Waals surface area contributed by atoms with Gasteiger partial charge in [0, 0.05) is 12.2 Å². The van der Waals surface area contributed by atoms with Gasteiger partial charge in [0.15, 0.2) is 0 Å². The predicted octanol–water partition coefficient (Wildman–Crippen LogP) is 8.26. The van der Waals surface area contributed by atoms with Crippen LogP contribution in [-0.2, 0) is 62.0 Å². The summed E-state index contributed by atoms with van der Waals surface area (Å²) in [6.07, 6.45) is 12.1. The number of hydrogen-bond acceptors (Lipinski definition) is 18. The molecule has 0 bridgehead atoms. The second-order valence-corrected chi connectivity index (χ2v) is 18.1. The maximum absolute atomic E-state index is 13.1. The number of unbranched alkanes of at least 4 members (excludes halogenated alkanes) is 2. The number of methoxy groups -OCH3 is 1. The van der Waals surface area contributed by atoms with Gasteiger partial charge in [0.25, 0.3) is 6.47 Å². The van der Waals surface area contributed by atoms with Crippen LogP contribution in [0.1, 0.15) is 126 Å². The first-order valence-corrected chi connectivity index (χ1v) is 24.7. The number of benzene rings is 2. The molecule has 18 nitrogen and oxygen atoms in total. The highest BCUT2D eigenvalue weighted by atomic mass is 16.6. The minimum absolute atomic E-state index is 0.0579. The van der Waals surface area contributed by atoms with Crippen LogP contribution in [-0.4, -0.2) is 87.8 Å². The van der Waals surface area contributed by atoms with E-state index in [9.17, 15) is 43.2 Å². The van der Waals surface area contributed by atoms with E-state index in [4.69, 9.17) is 42.6 Å². The topological polar surface area (TPSA) is 237 Å². The summed E-state index contributed by atoms with van der Waals surface area (Å²) in [5, 5.41) is 0. The predicted molar refractivity (Wildman–Crippen MR) is 257 cm³/mol. The monoisotopic (exact) mass is 1000 g/mol. The van der Waals surface area contributed by atoms with Gasteiger partial charge in [0.2, 0.25) is 0 Å². The lowest BCUT2D eigenvalue weighted by atomic mass is 9.82. The number of carbonyl (C=O) groups excluding carboxylic acids is 9. The van der Waals surface area contributed by atoms with E-state index in [1.807, 2.05) is 0 Å². The Kier molecular flexibility index (Phi) is 24.7. The molecule has 0 N–H and O–H groups in total. The molecule has 2 aromatic rings. The summed E-state index contributed by atoms with van der Waals surface area (Å²) in [4.78, 5) is 108. The van der Waals surface area contributed by atoms with Crippen molar-refractivity contribution in [3.63, 3.8) is 0 Å². The summed E-state index contributed by atoms with van der Waals surface area (Å²) >= 11 is 0. The van der Waals surface area contributed by atoms with Crippen LogP contribution in [0.15, 0.2) is 61.7 Å². The maximum Gasteiger partial charge on any atom is 0.341 e. The van der Waals surface area contributed by atoms with Crippen LogP contribution >= 0.6 is 0 Å². The normalized spacial score (nSPS) is 20.3. The molecular weight excluding hydrogens is 937 g/mol. The van der Waals surface area contributed by atoms with Crippen molar-refractivity contribution in [3.05, 3.63) is 72.8 Å². The van der Waals surface area contributed by atoms with Crippen molar-refractivity contribution in [2.24, 2.45) is 35.5 Å². The molecule has 0 aliphatic heterocycles. The molecule has 3 saturated carbocycles. The first-order chi connectivity index (χ1) is 34.6. The van der Waals surface area contributed by atoms with Gasteiger partial charge in [-0.3, -0.25) is 28.8 Å². The third-order valence-corrected chi connectivity index (χ3v) is 12.9. The van der Waals surface area contributed by atoms with Gasteiger partial charge in [-0.2, -0.15) is 0 Å². The van der Waals surface area contributed by atoms with E-state index >= 15 is 0 Å². The number of esters is 8. The lowest BCUT2D eigenvalue weighted by molar-refractivity contribution is -0.152. The minimum Gasteiger partial charge on any atom is -0.465 e. The van der Waals surface area contributed by atoms with Gasteiger partial charge < -0.3 is 42.6 Å². The fourth-order valence-electron chi connectivity index (χ4n) is 8.46. The van der Waals surface area contributed by atoms with Crippen LogP contribution in [0.5, 0.6) is 23.0 Å². The zero-order chi connectivity index (χ0) is 52.4. The van der Waals surface area contributed by atoms with Crippen molar-refractivity contribution in [2.45, 2.75) is 117 Å². The number of hydrogen-bond donors (Lipinski definition) is 0. The number of aryl methyl sites for hydroxylation is 1. The lowest BCUT2D eigenvalue weighted by Gasteiger charge is -2.26.